The number of nitrogens with zero attached hydrogens (tertiary/aromatic N) is 1. The number of nitrogens with one attached hydrogen (secondary N) is 1. The predicted octanol–water partition coefficient (Wildman–Crippen LogP) is 4.73. The van der Waals surface area contributed by atoms with E-state index < -0.39 is 0 Å². The Hall–Kier alpha value is -1.95. The number of carbonyl (C=O) groups is 1. The van der Waals surface area contributed by atoms with E-state index in [2.05, 4.69) is 10.2 Å². The van der Waals surface area contributed by atoms with Crippen molar-refractivity contribution >= 4 is 29.1 Å². The van der Waals surface area contributed by atoms with Crippen LogP contribution in [0, 0.1) is 6.92 Å². The SMILES string of the molecule is Cc1ccc(OCC(=O)NC2CCN(CCCOc3ccc(Cl)c(Cl)c3)CC2)cc1. The first-order valence-corrected chi connectivity index (χ1v) is 11.0. The van der Waals surface area contributed by atoms with Gasteiger partial charge >= 0.3 is 0 Å². The maximum absolute atomic E-state index is 12.1. The van der Waals surface area contributed by atoms with E-state index in [0.717, 1.165) is 44.6 Å². The summed E-state index contributed by atoms with van der Waals surface area (Å²) in [5.41, 5.74) is 1.17. The normalized spacial score (nSPS) is 15.0. The minimum atomic E-state index is -0.0657. The van der Waals surface area contributed by atoms with E-state index in [1.165, 1.54) is 5.56 Å². The lowest BCUT2D eigenvalue weighted by molar-refractivity contribution is -0.124. The molecule has 0 atom stereocenters. The monoisotopic (exact) mass is 450 g/mol. The molecule has 0 unspecified atom stereocenters. The van der Waals surface area contributed by atoms with Gasteiger partial charge in [0.15, 0.2) is 6.61 Å². The van der Waals surface area contributed by atoms with Crippen LogP contribution in [-0.4, -0.2) is 49.7 Å². The summed E-state index contributed by atoms with van der Waals surface area (Å²) < 4.78 is 11.3. The zero-order chi connectivity index (χ0) is 21.3. The summed E-state index contributed by atoms with van der Waals surface area (Å²) in [7, 11) is 0. The number of rotatable bonds is 9. The van der Waals surface area contributed by atoms with Gasteiger partial charge in [0.05, 0.1) is 16.7 Å². The van der Waals surface area contributed by atoms with Crippen LogP contribution in [0.25, 0.3) is 0 Å². The number of likely N-dealkylation sites (tertiary alicyclic amines) is 1. The van der Waals surface area contributed by atoms with Crippen molar-refractivity contribution in [3.05, 3.63) is 58.1 Å². The molecule has 1 N–H and O–H groups in total. The fraction of sp³-hybridized carbons (Fsp3) is 0.435. The van der Waals surface area contributed by atoms with Crippen LogP contribution in [0.15, 0.2) is 42.5 Å². The third-order valence-corrected chi connectivity index (χ3v) is 5.86. The van der Waals surface area contributed by atoms with E-state index in [1.54, 1.807) is 12.1 Å². The molecule has 30 heavy (non-hydrogen) atoms. The van der Waals surface area contributed by atoms with Gasteiger partial charge in [-0.05, 0) is 50.5 Å². The highest BCUT2D eigenvalue weighted by Crippen LogP contribution is 2.26. The molecule has 1 amide bonds. The zero-order valence-corrected chi connectivity index (χ0v) is 18.7. The highest BCUT2D eigenvalue weighted by molar-refractivity contribution is 6.42. The van der Waals surface area contributed by atoms with Crippen LogP contribution in [0.4, 0.5) is 0 Å². The molecule has 7 heteroatoms. The fourth-order valence-corrected chi connectivity index (χ4v) is 3.69. The van der Waals surface area contributed by atoms with Crippen LogP contribution in [0.5, 0.6) is 11.5 Å². The van der Waals surface area contributed by atoms with Gasteiger partial charge in [-0.1, -0.05) is 40.9 Å². The van der Waals surface area contributed by atoms with Crippen molar-refractivity contribution in [1.82, 2.24) is 10.2 Å². The first-order valence-electron chi connectivity index (χ1n) is 10.3. The molecule has 0 aliphatic carbocycles. The summed E-state index contributed by atoms with van der Waals surface area (Å²) >= 11 is 11.9. The summed E-state index contributed by atoms with van der Waals surface area (Å²) in [5, 5.41) is 4.11. The third-order valence-electron chi connectivity index (χ3n) is 5.12. The number of benzene rings is 2. The maximum Gasteiger partial charge on any atom is 0.258 e. The maximum atomic E-state index is 12.1. The zero-order valence-electron chi connectivity index (χ0n) is 17.2. The molecule has 2 aromatic carbocycles. The number of piperidine rings is 1. The van der Waals surface area contributed by atoms with Crippen molar-refractivity contribution in [2.75, 3.05) is 32.8 Å². The van der Waals surface area contributed by atoms with Gasteiger partial charge in [-0.15, -0.1) is 0 Å². The van der Waals surface area contributed by atoms with Crippen LogP contribution in [-0.2, 0) is 4.79 Å². The molecule has 0 radical (unpaired) electrons. The molecule has 1 aliphatic rings. The molecule has 5 nitrogen and oxygen atoms in total. The number of aryl methyl sites for hydroxylation is 1. The van der Waals surface area contributed by atoms with Crippen molar-refractivity contribution in [2.45, 2.75) is 32.2 Å². The molecule has 1 aliphatic heterocycles. The predicted molar refractivity (Wildman–Crippen MR) is 121 cm³/mol. The standard InChI is InChI=1S/C23H28Cl2N2O3/c1-17-3-5-19(6-4-17)30-16-23(28)26-18-9-12-27(13-10-18)11-2-14-29-20-7-8-21(24)22(25)15-20/h3-8,15,18H,2,9-14,16H2,1H3,(H,26,28). The Morgan fingerprint density at radius 3 is 2.43 bits per heavy atom. The van der Waals surface area contributed by atoms with E-state index in [0.29, 0.717) is 22.4 Å². The Bertz CT molecular complexity index is 822. The molecule has 0 spiro atoms. The second-order valence-corrected chi connectivity index (χ2v) is 8.38. The van der Waals surface area contributed by atoms with Gasteiger partial charge in [-0.2, -0.15) is 0 Å². The van der Waals surface area contributed by atoms with Crippen molar-refractivity contribution < 1.29 is 14.3 Å². The van der Waals surface area contributed by atoms with E-state index in [1.807, 2.05) is 37.3 Å². The largest absolute Gasteiger partial charge is 0.493 e. The Morgan fingerprint density at radius 2 is 1.73 bits per heavy atom. The summed E-state index contributed by atoms with van der Waals surface area (Å²) in [6, 6.07) is 13.2. The topological polar surface area (TPSA) is 50.8 Å². The summed E-state index contributed by atoms with van der Waals surface area (Å²) in [4.78, 5) is 14.5. The summed E-state index contributed by atoms with van der Waals surface area (Å²) in [6.45, 7) is 5.61. The third kappa shape index (κ3) is 7.38. The number of hydrogen-bond acceptors (Lipinski definition) is 4. The van der Waals surface area contributed by atoms with E-state index in [4.69, 9.17) is 32.7 Å². The summed E-state index contributed by atoms with van der Waals surface area (Å²) in [5.74, 6) is 1.39. The lowest BCUT2D eigenvalue weighted by Gasteiger charge is -2.32. The quantitative estimate of drug-likeness (QED) is 0.560. The minimum Gasteiger partial charge on any atom is -0.493 e. The van der Waals surface area contributed by atoms with Crippen molar-refractivity contribution in [3.63, 3.8) is 0 Å². The van der Waals surface area contributed by atoms with Crippen LogP contribution in [0.2, 0.25) is 10.0 Å². The Morgan fingerprint density at radius 1 is 1.03 bits per heavy atom. The average Bonchev–Trinajstić information content (AvgIpc) is 2.74. The fourth-order valence-electron chi connectivity index (χ4n) is 3.40. The minimum absolute atomic E-state index is 0.0509. The van der Waals surface area contributed by atoms with Crippen molar-refractivity contribution in [1.29, 1.82) is 0 Å². The number of amides is 1. The van der Waals surface area contributed by atoms with E-state index in [-0.39, 0.29) is 18.6 Å². The Labute approximate surface area is 188 Å². The van der Waals surface area contributed by atoms with Crippen molar-refractivity contribution in [2.24, 2.45) is 0 Å². The number of carbonyl (C=O) groups excluding carboxylic acids is 1. The van der Waals surface area contributed by atoms with E-state index >= 15 is 0 Å². The van der Waals surface area contributed by atoms with E-state index in [9.17, 15) is 4.79 Å². The molecule has 2 aromatic rings. The number of hydrogen-bond donors (Lipinski definition) is 1. The Kier molecular flexibility index (Phi) is 8.67. The van der Waals surface area contributed by atoms with Crippen LogP contribution < -0.4 is 14.8 Å². The van der Waals surface area contributed by atoms with Gasteiger partial charge < -0.3 is 19.7 Å². The molecule has 1 fully saturated rings. The average molecular weight is 451 g/mol. The van der Waals surface area contributed by atoms with Gasteiger partial charge in [-0.25, -0.2) is 0 Å². The lowest BCUT2D eigenvalue weighted by Crippen LogP contribution is -2.46. The Balaban J connectivity index is 1.27. The molecule has 1 saturated heterocycles. The molecular formula is C23H28Cl2N2O3. The summed E-state index contributed by atoms with van der Waals surface area (Å²) in [6.07, 6.45) is 2.83. The molecule has 1 heterocycles. The van der Waals surface area contributed by atoms with Gasteiger partial charge in [0.25, 0.3) is 5.91 Å². The van der Waals surface area contributed by atoms with Crippen molar-refractivity contribution in [3.8, 4) is 11.5 Å². The smallest absolute Gasteiger partial charge is 0.258 e. The number of ether oxygens (including phenoxy) is 2. The number of halogens is 2. The van der Waals surface area contributed by atoms with Gasteiger partial charge in [0, 0.05) is 31.7 Å². The lowest BCUT2D eigenvalue weighted by atomic mass is 10.0. The first kappa shape index (κ1) is 22.7. The molecule has 0 saturated carbocycles. The van der Waals surface area contributed by atoms with Gasteiger partial charge in [-0.3, -0.25) is 4.79 Å². The highest BCUT2D eigenvalue weighted by atomic mass is 35.5. The first-order chi connectivity index (χ1) is 14.5. The second-order valence-electron chi connectivity index (χ2n) is 7.56. The van der Waals surface area contributed by atoms with Crippen LogP contribution >= 0.6 is 23.2 Å². The highest BCUT2D eigenvalue weighted by Gasteiger charge is 2.20. The molecule has 0 aromatic heterocycles. The molecule has 3 rings (SSSR count). The molecule has 0 bridgehead atoms. The van der Waals surface area contributed by atoms with Crippen LogP contribution in [0.3, 0.4) is 0 Å². The van der Waals surface area contributed by atoms with Gasteiger partial charge in [0.2, 0.25) is 0 Å². The van der Waals surface area contributed by atoms with Gasteiger partial charge in [0.1, 0.15) is 11.5 Å². The second kappa shape index (κ2) is 11.4. The van der Waals surface area contributed by atoms with Crippen LogP contribution in [0.1, 0.15) is 24.8 Å². The molecule has 162 valence electrons. The molecular weight excluding hydrogens is 423 g/mol.